The van der Waals surface area contributed by atoms with Crippen LogP contribution in [0.1, 0.15) is 18.4 Å². The summed E-state index contributed by atoms with van der Waals surface area (Å²) < 4.78 is 4.61. The van der Waals surface area contributed by atoms with Crippen LogP contribution < -0.4 is 0 Å². The minimum atomic E-state index is -1.47. The highest BCUT2D eigenvalue weighted by atomic mass is 16.5. The molecule has 2 fully saturated rings. The van der Waals surface area contributed by atoms with Gasteiger partial charge in [-0.2, -0.15) is 0 Å². The first-order valence-electron chi connectivity index (χ1n) is 10.0. The van der Waals surface area contributed by atoms with Crippen LogP contribution in [-0.2, 0) is 25.5 Å². The molecule has 2 amide bonds. The molecule has 1 aromatic carbocycles. The monoisotopic (exact) mass is 403 g/mol. The minimum Gasteiger partial charge on any atom is -0.468 e. The molecule has 2 heterocycles. The van der Waals surface area contributed by atoms with E-state index in [1.54, 1.807) is 9.80 Å². The molecule has 158 valence electrons. The molecule has 0 aliphatic carbocycles. The molecule has 0 spiro atoms. The SMILES string of the molecule is COC(=O)CN1CCN(CC2(O)CCCN(CCc3ccccc3)C2=O)CC1=O. The van der Waals surface area contributed by atoms with Crippen molar-refractivity contribution < 1.29 is 24.2 Å². The fourth-order valence-corrected chi connectivity index (χ4v) is 3.98. The maximum absolute atomic E-state index is 13.0. The summed E-state index contributed by atoms with van der Waals surface area (Å²) in [5.74, 6) is -0.916. The Morgan fingerprint density at radius 3 is 2.59 bits per heavy atom. The molecule has 29 heavy (non-hydrogen) atoms. The zero-order chi connectivity index (χ0) is 20.9. The van der Waals surface area contributed by atoms with E-state index in [1.807, 2.05) is 30.3 Å². The topological polar surface area (TPSA) is 90.4 Å². The normalized spacial score (nSPS) is 23.4. The molecule has 2 saturated heterocycles. The Morgan fingerprint density at radius 1 is 1.14 bits per heavy atom. The average Bonchev–Trinajstić information content (AvgIpc) is 2.72. The van der Waals surface area contributed by atoms with Gasteiger partial charge in [0.15, 0.2) is 5.60 Å². The Hall–Kier alpha value is -2.45. The van der Waals surface area contributed by atoms with E-state index in [-0.39, 0.29) is 31.4 Å². The van der Waals surface area contributed by atoms with Gasteiger partial charge < -0.3 is 19.6 Å². The smallest absolute Gasteiger partial charge is 0.325 e. The van der Waals surface area contributed by atoms with Gasteiger partial charge in [0.25, 0.3) is 5.91 Å². The number of nitrogens with zero attached hydrogens (tertiary/aromatic N) is 3. The van der Waals surface area contributed by atoms with E-state index in [4.69, 9.17) is 0 Å². The predicted molar refractivity (Wildman–Crippen MR) is 106 cm³/mol. The van der Waals surface area contributed by atoms with Crippen molar-refractivity contribution in [1.82, 2.24) is 14.7 Å². The van der Waals surface area contributed by atoms with Gasteiger partial charge in [0.1, 0.15) is 6.54 Å². The van der Waals surface area contributed by atoms with Gasteiger partial charge in [0.2, 0.25) is 5.91 Å². The zero-order valence-electron chi connectivity index (χ0n) is 16.9. The number of hydrogen-bond donors (Lipinski definition) is 1. The van der Waals surface area contributed by atoms with Crippen LogP contribution >= 0.6 is 0 Å². The zero-order valence-corrected chi connectivity index (χ0v) is 16.9. The van der Waals surface area contributed by atoms with Gasteiger partial charge in [-0.25, -0.2) is 0 Å². The van der Waals surface area contributed by atoms with Crippen LogP contribution in [0.25, 0.3) is 0 Å². The lowest BCUT2D eigenvalue weighted by molar-refractivity contribution is -0.162. The maximum atomic E-state index is 13.0. The molecular weight excluding hydrogens is 374 g/mol. The quantitative estimate of drug-likeness (QED) is 0.640. The van der Waals surface area contributed by atoms with Crippen molar-refractivity contribution >= 4 is 17.8 Å². The first-order chi connectivity index (χ1) is 13.9. The van der Waals surface area contributed by atoms with Gasteiger partial charge in [-0.05, 0) is 24.8 Å². The second-order valence-corrected chi connectivity index (χ2v) is 7.77. The summed E-state index contributed by atoms with van der Waals surface area (Å²) in [6.07, 6.45) is 1.87. The van der Waals surface area contributed by atoms with E-state index in [0.717, 1.165) is 18.4 Å². The number of carbonyl (C=O) groups excluding carboxylic acids is 3. The number of ether oxygens (including phenoxy) is 1. The van der Waals surface area contributed by atoms with Crippen LogP contribution in [0.3, 0.4) is 0 Å². The summed E-state index contributed by atoms with van der Waals surface area (Å²) in [4.78, 5) is 41.6. The maximum Gasteiger partial charge on any atom is 0.325 e. The van der Waals surface area contributed by atoms with Crippen LogP contribution in [0.15, 0.2) is 30.3 Å². The fourth-order valence-electron chi connectivity index (χ4n) is 3.98. The molecule has 1 atom stereocenters. The molecule has 0 saturated carbocycles. The number of benzene rings is 1. The lowest BCUT2D eigenvalue weighted by Gasteiger charge is -2.42. The molecule has 8 heteroatoms. The lowest BCUT2D eigenvalue weighted by atomic mass is 9.90. The van der Waals surface area contributed by atoms with E-state index < -0.39 is 11.6 Å². The van der Waals surface area contributed by atoms with Crippen molar-refractivity contribution in [3.05, 3.63) is 35.9 Å². The van der Waals surface area contributed by atoms with Crippen LogP contribution in [0.5, 0.6) is 0 Å². The number of rotatable bonds is 7. The van der Waals surface area contributed by atoms with E-state index in [9.17, 15) is 19.5 Å². The van der Waals surface area contributed by atoms with E-state index >= 15 is 0 Å². The van der Waals surface area contributed by atoms with Crippen molar-refractivity contribution in [1.29, 1.82) is 0 Å². The molecule has 1 N–H and O–H groups in total. The first kappa shape index (κ1) is 21.3. The van der Waals surface area contributed by atoms with Gasteiger partial charge in [-0.1, -0.05) is 30.3 Å². The van der Waals surface area contributed by atoms with E-state index in [2.05, 4.69) is 4.74 Å². The molecule has 3 rings (SSSR count). The molecular formula is C21H29N3O5. The van der Waals surface area contributed by atoms with Crippen molar-refractivity contribution in [3.63, 3.8) is 0 Å². The summed E-state index contributed by atoms with van der Waals surface area (Å²) in [7, 11) is 1.29. The number of carbonyl (C=O) groups is 3. The molecule has 2 aliphatic rings. The van der Waals surface area contributed by atoms with E-state index in [0.29, 0.717) is 32.6 Å². The second-order valence-electron chi connectivity index (χ2n) is 7.77. The molecule has 0 radical (unpaired) electrons. The van der Waals surface area contributed by atoms with Crippen LogP contribution in [0.2, 0.25) is 0 Å². The fraction of sp³-hybridized carbons (Fsp3) is 0.571. The third-order valence-corrected chi connectivity index (χ3v) is 5.65. The number of likely N-dealkylation sites (tertiary alicyclic amines) is 1. The molecule has 0 aromatic heterocycles. The number of β-amino-alcohol motifs (C(OH)–C–C–N with tert-alkyl or cyclic N) is 1. The van der Waals surface area contributed by atoms with Gasteiger partial charge in [0, 0.05) is 32.7 Å². The van der Waals surface area contributed by atoms with Gasteiger partial charge >= 0.3 is 5.97 Å². The summed E-state index contributed by atoms with van der Waals surface area (Å²) in [5, 5.41) is 11.1. The summed E-state index contributed by atoms with van der Waals surface area (Å²) in [6.45, 7) is 2.22. The molecule has 8 nitrogen and oxygen atoms in total. The number of hydrogen-bond acceptors (Lipinski definition) is 6. The standard InChI is InChI=1S/C21H29N3O5/c1-29-19(26)15-24-13-12-22(14-18(24)25)16-21(28)9-5-10-23(20(21)27)11-8-17-6-3-2-4-7-17/h2-4,6-7,28H,5,8-16H2,1H3. The number of aliphatic hydroxyl groups is 1. The van der Waals surface area contributed by atoms with Gasteiger partial charge in [-0.3, -0.25) is 19.3 Å². The Morgan fingerprint density at radius 2 is 1.90 bits per heavy atom. The third-order valence-electron chi connectivity index (χ3n) is 5.65. The predicted octanol–water partition coefficient (Wildman–Crippen LogP) is -0.100. The first-order valence-corrected chi connectivity index (χ1v) is 10.0. The Labute approximate surface area is 171 Å². The summed E-state index contributed by atoms with van der Waals surface area (Å²) in [6, 6.07) is 9.96. The highest BCUT2D eigenvalue weighted by molar-refractivity contribution is 5.87. The van der Waals surface area contributed by atoms with Crippen molar-refractivity contribution in [2.24, 2.45) is 0 Å². The number of esters is 1. The van der Waals surface area contributed by atoms with Crippen LogP contribution in [0.4, 0.5) is 0 Å². The van der Waals surface area contributed by atoms with Crippen LogP contribution in [-0.4, -0.2) is 96.1 Å². The number of piperidine rings is 1. The Balaban J connectivity index is 1.55. The highest BCUT2D eigenvalue weighted by Crippen LogP contribution is 2.25. The summed E-state index contributed by atoms with van der Waals surface area (Å²) in [5.41, 5.74) is -0.318. The molecule has 0 bridgehead atoms. The highest BCUT2D eigenvalue weighted by Gasteiger charge is 2.44. The van der Waals surface area contributed by atoms with Crippen molar-refractivity contribution in [2.45, 2.75) is 24.9 Å². The largest absolute Gasteiger partial charge is 0.468 e. The van der Waals surface area contributed by atoms with Crippen molar-refractivity contribution in [2.75, 3.05) is 52.9 Å². The van der Waals surface area contributed by atoms with E-state index in [1.165, 1.54) is 12.0 Å². The molecule has 1 unspecified atom stereocenters. The Bertz CT molecular complexity index is 741. The molecule has 2 aliphatic heterocycles. The number of amides is 2. The van der Waals surface area contributed by atoms with Crippen molar-refractivity contribution in [3.8, 4) is 0 Å². The number of methoxy groups -OCH3 is 1. The summed E-state index contributed by atoms with van der Waals surface area (Å²) >= 11 is 0. The minimum absolute atomic E-state index is 0.0698. The third kappa shape index (κ3) is 5.33. The number of piperazine rings is 1. The van der Waals surface area contributed by atoms with Gasteiger partial charge in [0.05, 0.1) is 13.7 Å². The Kier molecular flexibility index (Phi) is 6.87. The average molecular weight is 403 g/mol. The lowest BCUT2D eigenvalue weighted by Crippen LogP contribution is -2.61. The van der Waals surface area contributed by atoms with Gasteiger partial charge in [-0.15, -0.1) is 0 Å². The second kappa shape index (κ2) is 9.37. The van der Waals surface area contributed by atoms with Crippen LogP contribution in [0, 0.1) is 0 Å². The molecule has 1 aromatic rings.